The minimum atomic E-state index is -1.00. The molecule has 0 aliphatic rings. The van der Waals surface area contributed by atoms with E-state index >= 15 is 0 Å². The maximum absolute atomic E-state index is 12.2. The Hall–Kier alpha value is -3.07. The quantitative estimate of drug-likeness (QED) is 0.794. The highest BCUT2D eigenvalue weighted by atomic mass is 16.5. The maximum Gasteiger partial charge on any atom is 0.338 e. The molecular formula is C21H25N3O3. The van der Waals surface area contributed by atoms with Gasteiger partial charge in [-0.2, -0.15) is 5.26 Å². The van der Waals surface area contributed by atoms with Gasteiger partial charge in [0.05, 0.1) is 11.6 Å². The Kier molecular flexibility index (Phi) is 6.06. The van der Waals surface area contributed by atoms with Crippen molar-refractivity contribution in [3.63, 3.8) is 0 Å². The zero-order valence-electron chi connectivity index (χ0n) is 16.4. The number of rotatable bonds is 6. The Bertz CT molecular complexity index is 856. The van der Waals surface area contributed by atoms with E-state index in [1.165, 1.54) is 0 Å². The molecule has 0 unspecified atom stereocenters. The smallest absolute Gasteiger partial charge is 0.338 e. The largest absolute Gasteiger partial charge is 0.452 e. The summed E-state index contributed by atoms with van der Waals surface area (Å²) < 4.78 is 7.15. The number of nitrogens with one attached hydrogen (secondary N) is 1. The molecule has 1 aromatic carbocycles. The Labute approximate surface area is 159 Å². The highest BCUT2D eigenvalue weighted by Gasteiger charge is 2.30. The third kappa shape index (κ3) is 4.56. The summed E-state index contributed by atoms with van der Waals surface area (Å²) in [5.74, 6) is -1.16. The number of aromatic nitrogens is 1. The summed E-state index contributed by atoms with van der Waals surface area (Å²) >= 11 is 0. The lowest BCUT2D eigenvalue weighted by atomic mass is 9.90. The third-order valence-electron chi connectivity index (χ3n) is 4.75. The van der Waals surface area contributed by atoms with Gasteiger partial charge in [-0.15, -0.1) is 0 Å². The first-order valence-corrected chi connectivity index (χ1v) is 8.82. The van der Waals surface area contributed by atoms with Gasteiger partial charge in [-0.1, -0.05) is 13.8 Å². The number of ether oxygens (including phenoxy) is 1. The highest BCUT2D eigenvalue weighted by Crippen LogP contribution is 2.17. The summed E-state index contributed by atoms with van der Waals surface area (Å²) in [6, 6.07) is 13.2. The monoisotopic (exact) mass is 367 g/mol. The first-order chi connectivity index (χ1) is 12.7. The van der Waals surface area contributed by atoms with E-state index in [0.29, 0.717) is 5.56 Å². The van der Waals surface area contributed by atoms with Crippen molar-refractivity contribution in [2.24, 2.45) is 5.92 Å². The SMILES string of the molecule is Cc1ccc(C)n1-c1ccc(C(=O)OCC(=O)N[C@@](C)(C#N)C(C)C)cc1. The van der Waals surface area contributed by atoms with Crippen molar-refractivity contribution in [1.82, 2.24) is 9.88 Å². The van der Waals surface area contributed by atoms with E-state index < -0.39 is 24.0 Å². The van der Waals surface area contributed by atoms with Crippen molar-refractivity contribution in [3.05, 3.63) is 53.3 Å². The fourth-order valence-electron chi connectivity index (χ4n) is 2.66. The minimum Gasteiger partial charge on any atom is -0.452 e. The second-order valence-electron chi connectivity index (χ2n) is 7.09. The number of nitrogens with zero attached hydrogens (tertiary/aromatic N) is 2. The molecule has 142 valence electrons. The van der Waals surface area contributed by atoms with E-state index in [-0.39, 0.29) is 5.92 Å². The second-order valence-corrected chi connectivity index (χ2v) is 7.09. The summed E-state index contributed by atoms with van der Waals surface area (Å²) in [7, 11) is 0. The van der Waals surface area contributed by atoms with E-state index in [4.69, 9.17) is 4.74 Å². The number of hydrogen-bond acceptors (Lipinski definition) is 4. The Morgan fingerprint density at radius 1 is 1.15 bits per heavy atom. The molecule has 6 nitrogen and oxygen atoms in total. The van der Waals surface area contributed by atoms with E-state index in [9.17, 15) is 14.9 Å². The van der Waals surface area contributed by atoms with Crippen LogP contribution >= 0.6 is 0 Å². The lowest BCUT2D eigenvalue weighted by Crippen LogP contribution is -2.50. The molecule has 0 saturated carbocycles. The molecule has 1 heterocycles. The highest BCUT2D eigenvalue weighted by molar-refractivity contribution is 5.91. The minimum absolute atomic E-state index is 0.0738. The molecule has 2 rings (SSSR count). The lowest BCUT2D eigenvalue weighted by Gasteiger charge is -2.27. The number of esters is 1. The van der Waals surface area contributed by atoms with Gasteiger partial charge >= 0.3 is 5.97 Å². The van der Waals surface area contributed by atoms with Crippen LogP contribution in [0.25, 0.3) is 5.69 Å². The molecule has 27 heavy (non-hydrogen) atoms. The van der Waals surface area contributed by atoms with Crippen LogP contribution in [0.15, 0.2) is 36.4 Å². The van der Waals surface area contributed by atoms with Crippen LogP contribution in [0.2, 0.25) is 0 Å². The van der Waals surface area contributed by atoms with Crippen LogP contribution in [0, 0.1) is 31.1 Å². The average Bonchev–Trinajstić information content (AvgIpc) is 2.98. The molecule has 0 spiro atoms. The molecule has 0 bridgehead atoms. The second kappa shape index (κ2) is 8.09. The first kappa shape index (κ1) is 20.2. The average molecular weight is 367 g/mol. The van der Waals surface area contributed by atoms with Crippen molar-refractivity contribution < 1.29 is 14.3 Å². The van der Waals surface area contributed by atoms with Gasteiger partial charge in [-0.25, -0.2) is 4.79 Å². The molecule has 1 atom stereocenters. The van der Waals surface area contributed by atoms with Gasteiger partial charge in [-0.3, -0.25) is 4.79 Å². The van der Waals surface area contributed by atoms with Gasteiger partial charge in [0, 0.05) is 17.1 Å². The molecule has 0 saturated heterocycles. The molecule has 0 fully saturated rings. The van der Waals surface area contributed by atoms with Gasteiger partial charge in [0.1, 0.15) is 5.54 Å². The summed E-state index contributed by atoms with van der Waals surface area (Å²) in [6.45, 7) is 8.91. The number of benzene rings is 1. The van der Waals surface area contributed by atoms with Gasteiger partial charge in [0.15, 0.2) is 6.61 Å². The molecule has 1 N–H and O–H groups in total. The molecule has 1 aromatic heterocycles. The van der Waals surface area contributed by atoms with Crippen molar-refractivity contribution in [2.75, 3.05) is 6.61 Å². The molecule has 6 heteroatoms. The summed E-state index contributed by atoms with van der Waals surface area (Å²) in [6.07, 6.45) is 0. The number of nitriles is 1. The number of carbonyl (C=O) groups excluding carboxylic acids is 2. The standard InChI is InChI=1S/C21H25N3O3/c1-14(2)21(5,13-22)23-19(25)12-27-20(26)17-8-10-18(11-9-17)24-15(3)6-7-16(24)4/h6-11,14H,12H2,1-5H3,(H,23,25)/t21-/m0/s1. The van der Waals surface area contributed by atoms with Crippen LogP contribution in [0.5, 0.6) is 0 Å². The molecule has 2 aromatic rings. The van der Waals surface area contributed by atoms with Gasteiger partial charge in [0.2, 0.25) is 0 Å². The van der Waals surface area contributed by atoms with E-state index in [1.54, 1.807) is 19.1 Å². The Morgan fingerprint density at radius 3 is 2.19 bits per heavy atom. The number of carbonyl (C=O) groups is 2. The first-order valence-electron chi connectivity index (χ1n) is 8.82. The van der Waals surface area contributed by atoms with Crippen molar-refractivity contribution >= 4 is 11.9 Å². The van der Waals surface area contributed by atoms with Crippen LogP contribution < -0.4 is 5.32 Å². The van der Waals surface area contributed by atoms with Crippen LogP contribution in [-0.2, 0) is 9.53 Å². The van der Waals surface area contributed by atoms with E-state index in [2.05, 4.69) is 16.0 Å². The van der Waals surface area contributed by atoms with Gasteiger partial charge in [0.25, 0.3) is 5.91 Å². The number of amides is 1. The lowest BCUT2D eigenvalue weighted by molar-refractivity contribution is -0.125. The predicted molar refractivity (Wildman–Crippen MR) is 103 cm³/mol. The van der Waals surface area contributed by atoms with Crippen molar-refractivity contribution in [1.29, 1.82) is 5.26 Å². The fraction of sp³-hybridized carbons (Fsp3) is 0.381. The number of hydrogen-bond donors (Lipinski definition) is 1. The summed E-state index contributed by atoms with van der Waals surface area (Å²) in [4.78, 5) is 24.2. The Morgan fingerprint density at radius 2 is 1.70 bits per heavy atom. The van der Waals surface area contributed by atoms with Gasteiger partial charge < -0.3 is 14.6 Å². The molecule has 0 aliphatic heterocycles. The molecule has 1 amide bonds. The maximum atomic E-state index is 12.2. The number of aryl methyl sites for hydroxylation is 2. The van der Waals surface area contributed by atoms with Gasteiger partial charge in [-0.05, 0) is 63.1 Å². The fourth-order valence-corrected chi connectivity index (χ4v) is 2.66. The topological polar surface area (TPSA) is 84.1 Å². The summed E-state index contributed by atoms with van der Waals surface area (Å²) in [5.41, 5.74) is 2.51. The van der Waals surface area contributed by atoms with Crippen LogP contribution in [0.3, 0.4) is 0 Å². The normalized spacial score (nSPS) is 12.9. The van der Waals surface area contributed by atoms with Crippen molar-refractivity contribution in [2.45, 2.75) is 40.2 Å². The van der Waals surface area contributed by atoms with Crippen LogP contribution in [0.1, 0.15) is 42.5 Å². The Balaban J connectivity index is 1.99. The summed E-state index contributed by atoms with van der Waals surface area (Å²) in [5, 5.41) is 11.8. The predicted octanol–water partition coefficient (Wildman–Crippen LogP) is 3.31. The van der Waals surface area contributed by atoms with E-state index in [0.717, 1.165) is 17.1 Å². The zero-order valence-corrected chi connectivity index (χ0v) is 16.4. The van der Waals surface area contributed by atoms with E-state index in [1.807, 2.05) is 52.0 Å². The molecule has 0 aliphatic carbocycles. The molecule has 0 radical (unpaired) electrons. The van der Waals surface area contributed by atoms with Crippen LogP contribution in [0.4, 0.5) is 0 Å². The van der Waals surface area contributed by atoms with Crippen molar-refractivity contribution in [3.8, 4) is 11.8 Å². The molecular weight excluding hydrogens is 342 g/mol. The van der Waals surface area contributed by atoms with Crippen LogP contribution in [-0.4, -0.2) is 28.6 Å². The third-order valence-corrected chi connectivity index (χ3v) is 4.75. The zero-order chi connectivity index (χ0) is 20.2.